The highest BCUT2D eigenvalue weighted by molar-refractivity contribution is 5.96. The Morgan fingerprint density at radius 2 is 1.89 bits per heavy atom. The second-order valence-corrected chi connectivity index (χ2v) is 3.69. The molecular weight excluding hydrogens is 234 g/mol. The lowest BCUT2D eigenvalue weighted by Crippen LogP contribution is -2.03. The van der Waals surface area contributed by atoms with Crippen LogP contribution in [0.25, 0.3) is 11.3 Å². The van der Waals surface area contributed by atoms with E-state index in [0.29, 0.717) is 17.0 Å². The summed E-state index contributed by atoms with van der Waals surface area (Å²) >= 11 is 0. The van der Waals surface area contributed by atoms with Crippen molar-refractivity contribution < 1.29 is 18.8 Å². The van der Waals surface area contributed by atoms with Gasteiger partial charge in [0.15, 0.2) is 5.76 Å². The zero-order chi connectivity index (χ0) is 13.1. The van der Waals surface area contributed by atoms with Crippen LogP contribution in [0.5, 0.6) is 5.75 Å². The van der Waals surface area contributed by atoms with Crippen molar-refractivity contribution in [3.8, 4) is 17.1 Å². The molecule has 0 aliphatic rings. The van der Waals surface area contributed by atoms with E-state index >= 15 is 0 Å². The molecule has 0 amide bonds. The second-order valence-electron chi connectivity index (χ2n) is 3.69. The topological polar surface area (TPSA) is 61.6 Å². The van der Waals surface area contributed by atoms with Crippen molar-refractivity contribution in [2.75, 3.05) is 14.2 Å². The standard InChI is InChI=1S/C13H13NO4/c1-8-11(13(15)17-3)12(18-14-8)9-4-6-10(16-2)7-5-9/h4-7H,1-3H3. The van der Waals surface area contributed by atoms with Gasteiger partial charge >= 0.3 is 5.97 Å². The molecule has 1 heterocycles. The number of hydrogen-bond donors (Lipinski definition) is 0. The minimum atomic E-state index is -0.459. The summed E-state index contributed by atoms with van der Waals surface area (Å²) < 4.78 is 15.0. The first-order chi connectivity index (χ1) is 8.67. The van der Waals surface area contributed by atoms with Crippen molar-refractivity contribution in [3.05, 3.63) is 35.5 Å². The number of nitrogens with zero attached hydrogens (tertiary/aromatic N) is 1. The van der Waals surface area contributed by atoms with Gasteiger partial charge in [-0.05, 0) is 31.2 Å². The molecule has 2 aromatic rings. The monoisotopic (exact) mass is 247 g/mol. The molecule has 1 aromatic heterocycles. The molecule has 0 bridgehead atoms. The average Bonchev–Trinajstić information content (AvgIpc) is 2.80. The van der Waals surface area contributed by atoms with Crippen molar-refractivity contribution in [3.63, 3.8) is 0 Å². The minimum absolute atomic E-state index is 0.350. The van der Waals surface area contributed by atoms with Crippen LogP contribution in [0.1, 0.15) is 16.1 Å². The molecular formula is C13H13NO4. The van der Waals surface area contributed by atoms with E-state index < -0.39 is 5.97 Å². The molecule has 0 aliphatic carbocycles. The van der Waals surface area contributed by atoms with Crippen LogP contribution in [0.3, 0.4) is 0 Å². The second kappa shape index (κ2) is 4.91. The maximum Gasteiger partial charge on any atom is 0.343 e. The first kappa shape index (κ1) is 12.2. The predicted octanol–water partition coefficient (Wildman–Crippen LogP) is 2.45. The third-order valence-corrected chi connectivity index (χ3v) is 2.60. The Hall–Kier alpha value is -2.30. The number of ether oxygens (including phenoxy) is 2. The minimum Gasteiger partial charge on any atom is -0.497 e. The fourth-order valence-corrected chi connectivity index (χ4v) is 1.65. The third kappa shape index (κ3) is 2.07. The number of carbonyl (C=O) groups is 1. The molecule has 0 spiro atoms. The highest BCUT2D eigenvalue weighted by atomic mass is 16.5. The van der Waals surface area contributed by atoms with E-state index in [1.54, 1.807) is 38.3 Å². The lowest BCUT2D eigenvalue weighted by atomic mass is 10.1. The van der Waals surface area contributed by atoms with Crippen LogP contribution in [0, 0.1) is 6.92 Å². The van der Waals surface area contributed by atoms with Gasteiger partial charge in [0.05, 0.1) is 19.9 Å². The first-order valence-corrected chi connectivity index (χ1v) is 5.36. The molecule has 5 nitrogen and oxygen atoms in total. The Kier molecular flexibility index (Phi) is 3.32. The van der Waals surface area contributed by atoms with E-state index in [0.717, 1.165) is 11.3 Å². The van der Waals surface area contributed by atoms with Gasteiger partial charge in [-0.3, -0.25) is 0 Å². The number of aromatic nitrogens is 1. The van der Waals surface area contributed by atoms with Crippen LogP contribution < -0.4 is 4.74 Å². The van der Waals surface area contributed by atoms with Gasteiger partial charge in [-0.2, -0.15) is 0 Å². The smallest absolute Gasteiger partial charge is 0.343 e. The summed E-state index contributed by atoms with van der Waals surface area (Å²) in [5, 5.41) is 3.80. The van der Waals surface area contributed by atoms with Crippen molar-refractivity contribution in [2.45, 2.75) is 6.92 Å². The number of methoxy groups -OCH3 is 2. The number of benzene rings is 1. The van der Waals surface area contributed by atoms with Crippen LogP contribution in [-0.2, 0) is 4.74 Å². The number of aryl methyl sites for hydroxylation is 1. The number of hydrogen-bond acceptors (Lipinski definition) is 5. The van der Waals surface area contributed by atoms with E-state index in [-0.39, 0.29) is 0 Å². The van der Waals surface area contributed by atoms with Gasteiger partial charge in [-0.1, -0.05) is 5.16 Å². The molecule has 0 N–H and O–H groups in total. The number of esters is 1. The molecule has 5 heteroatoms. The fourth-order valence-electron chi connectivity index (χ4n) is 1.65. The maximum absolute atomic E-state index is 11.7. The normalized spacial score (nSPS) is 10.2. The zero-order valence-electron chi connectivity index (χ0n) is 10.4. The van der Waals surface area contributed by atoms with E-state index in [9.17, 15) is 4.79 Å². The Bertz CT molecular complexity index is 557. The Balaban J connectivity index is 2.47. The first-order valence-electron chi connectivity index (χ1n) is 5.36. The van der Waals surface area contributed by atoms with Crippen LogP contribution in [0.4, 0.5) is 0 Å². The molecule has 0 saturated carbocycles. The molecule has 0 atom stereocenters. The van der Waals surface area contributed by atoms with Crippen molar-refractivity contribution in [1.29, 1.82) is 0 Å². The quantitative estimate of drug-likeness (QED) is 0.779. The molecule has 0 fully saturated rings. The summed E-state index contributed by atoms with van der Waals surface area (Å²) in [6, 6.07) is 7.17. The molecule has 94 valence electrons. The SMILES string of the molecule is COC(=O)c1c(C)noc1-c1ccc(OC)cc1. The number of carbonyl (C=O) groups excluding carboxylic acids is 1. The third-order valence-electron chi connectivity index (χ3n) is 2.60. The van der Waals surface area contributed by atoms with Gasteiger partial charge < -0.3 is 14.0 Å². The molecule has 1 aromatic carbocycles. The van der Waals surface area contributed by atoms with Gasteiger partial charge in [-0.15, -0.1) is 0 Å². The maximum atomic E-state index is 11.7. The van der Waals surface area contributed by atoms with Crippen molar-refractivity contribution >= 4 is 5.97 Å². The lowest BCUT2D eigenvalue weighted by molar-refractivity contribution is 0.0600. The zero-order valence-corrected chi connectivity index (χ0v) is 10.4. The van der Waals surface area contributed by atoms with Crippen molar-refractivity contribution in [1.82, 2.24) is 5.16 Å². The predicted molar refractivity (Wildman–Crippen MR) is 64.6 cm³/mol. The summed E-state index contributed by atoms with van der Waals surface area (Å²) in [6.45, 7) is 1.70. The Morgan fingerprint density at radius 3 is 2.44 bits per heavy atom. The van der Waals surface area contributed by atoms with Gasteiger partial charge in [0.2, 0.25) is 0 Å². The Labute approximate surface area is 104 Å². The molecule has 0 unspecified atom stereocenters. The highest BCUT2D eigenvalue weighted by Gasteiger charge is 2.22. The molecule has 0 radical (unpaired) electrons. The average molecular weight is 247 g/mol. The van der Waals surface area contributed by atoms with Crippen LogP contribution in [0.15, 0.2) is 28.8 Å². The summed E-state index contributed by atoms with van der Waals surface area (Å²) in [4.78, 5) is 11.7. The number of rotatable bonds is 3. The summed E-state index contributed by atoms with van der Waals surface area (Å²) in [7, 11) is 2.92. The van der Waals surface area contributed by atoms with Crippen LogP contribution >= 0.6 is 0 Å². The Morgan fingerprint density at radius 1 is 1.22 bits per heavy atom. The molecule has 0 aliphatic heterocycles. The molecule has 18 heavy (non-hydrogen) atoms. The van der Waals surface area contributed by atoms with E-state index in [4.69, 9.17) is 14.0 Å². The lowest BCUT2D eigenvalue weighted by Gasteiger charge is -2.02. The molecule has 2 rings (SSSR count). The van der Waals surface area contributed by atoms with Gasteiger partial charge in [0.25, 0.3) is 0 Å². The molecule has 0 saturated heterocycles. The van der Waals surface area contributed by atoms with Crippen molar-refractivity contribution in [2.24, 2.45) is 0 Å². The fraction of sp³-hybridized carbons (Fsp3) is 0.231. The largest absolute Gasteiger partial charge is 0.497 e. The van der Waals surface area contributed by atoms with E-state index in [1.165, 1.54) is 7.11 Å². The van der Waals surface area contributed by atoms with Gasteiger partial charge in [0.1, 0.15) is 11.3 Å². The summed E-state index contributed by atoms with van der Waals surface area (Å²) in [5.74, 6) is 0.677. The van der Waals surface area contributed by atoms with Crippen LogP contribution in [-0.4, -0.2) is 25.3 Å². The summed E-state index contributed by atoms with van der Waals surface area (Å²) in [6.07, 6.45) is 0. The van der Waals surface area contributed by atoms with Gasteiger partial charge in [0, 0.05) is 5.56 Å². The van der Waals surface area contributed by atoms with Crippen LogP contribution in [0.2, 0.25) is 0 Å². The van der Waals surface area contributed by atoms with E-state index in [1.807, 2.05) is 0 Å². The van der Waals surface area contributed by atoms with Gasteiger partial charge in [-0.25, -0.2) is 4.79 Å². The summed E-state index contributed by atoms with van der Waals surface area (Å²) in [5.41, 5.74) is 1.60. The van der Waals surface area contributed by atoms with E-state index in [2.05, 4.69) is 5.16 Å². The highest BCUT2D eigenvalue weighted by Crippen LogP contribution is 2.28.